The molecule has 1 aromatic carbocycles. The van der Waals surface area contributed by atoms with E-state index in [4.69, 9.17) is 9.52 Å². The van der Waals surface area contributed by atoms with Crippen molar-refractivity contribution in [3.8, 4) is 11.6 Å². The van der Waals surface area contributed by atoms with Gasteiger partial charge in [-0.2, -0.15) is 0 Å². The second-order valence-corrected chi connectivity index (χ2v) is 4.79. The summed E-state index contributed by atoms with van der Waals surface area (Å²) in [7, 11) is 0. The number of hydrogen-bond acceptors (Lipinski definition) is 5. The molecule has 0 aliphatic heterocycles. The van der Waals surface area contributed by atoms with Gasteiger partial charge in [0.25, 0.3) is 0 Å². The van der Waals surface area contributed by atoms with Gasteiger partial charge < -0.3 is 9.52 Å². The fraction of sp³-hybridized carbons (Fsp3) is 0.0833. The highest BCUT2D eigenvalue weighted by Crippen LogP contribution is 2.27. The number of benzene rings is 1. The molecule has 18 heavy (non-hydrogen) atoms. The minimum absolute atomic E-state index is 0.134. The Morgan fingerprint density at radius 1 is 1.39 bits per heavy atom. The van der Waals surface area contributed by atoms with E-state index in [2.05, 4.69) is 9.97 Å². The van der Waals surface area contributed by atoms with E-state index in [0.29, 0.717) is 22.7 Å². The summed E-state index contributed by atoms with van der Waals surface area (Å²) in [5.74, 6) is -0.669. The molecule has 0 amide bonds. The Kier molecular flexibility index (Phi) is 2.38. The summed E-state index contributed by atoms with van der Waals surface area (Å²) < 4.78 is 5.53. The van der Waals surface area contributed by atoms with Crippen LogP contribution in [0.4, 0.5) is 0 Å². The van der Waals surface area contributed by atoms with Crippen LogP contribution in [0, 0.1) is 6.92 Å². The molecule has 0 aliphatic carbocycles. The zero-order chi connectivity index (χ0) is 12.7. The molecule has 0 saturated heterocycles. The van der Waals surface area contributed by atoms with Crippen molar-refractivity contribution in [2.45, 2.75) is 6.92 Å². The molecule has 2 heterocycles. The number of nitrogens with zero attached hydrogens (tertiary/aromatic N) is 2. The fourth-order valence-corrected chi connectivity index (χ4v) is 2.28. The largest absolute Gasteiger partial charge is 0.478 e. The number of oxazole rings is 1. The molecule has 0 saturated carbocycles. The Hall–Kier alpha value is -2.21. The lowest BCUT2D eigenvalue weighted by Crippen LogP contribution is -1.96. The van der Waals surface area contributed by atoms with Gasteiger partial charge in [0.2, 0.25) is 5.89 Å². The van der Waals surface area contributed by atoms with Crippen LogP contribution in [0.25, 0.3) is 22.7 Å². The lowest BCUT2D eigenvalue weighted by molar-refractivity contribution is 0.0699. The van der Waals surface area contributed by atoms with Crippen molar-refractivity contribution < 1.29 is 14.3 Å². The van der Waals surface area contributed by atoms with E-state index in [1.54, 1.807) is 12.1 Å². The number of thiazole rings is 1. The van der Waals surface area contributed by atoms with Crippen molar-refractivity contribution in [1.82, 2.24) is 9.97 Å². The highest BCUT2D eigenvalue weighted by Gasteiger charge is 2.16. The Labute approximate surface area is 106 Å². The minimum atomic E-state index is -1.02. The number of aryl methyl sites for hydroxylation is 1. The average Bonchev–Trinajstić information content (AvgIpc) is 2.93. The first-order valence-electron chi connectivity index (χ1n) is 5.20. The number of rotatable bonds is 2. The normalized spacial score (nSPS) is 10.9. The molecule has 5 nitrogen and oxygen atoms in total. The summed E-state index contributed by atoms with van der Waals surface area (Å²) in [6.45, 7) is 1.89. The Balaban J connectivity index is 2.22. The number of carbonyl (C=O) groups is 1. The molecule has 0 bridgehead atoms. The van der Waals surface area contributed by atoms with E-state index >= 15 is 0 Å². The standard InChI is InChI=1S/C12H8N2O3S/c1-6-13-8(5-18-6)11-14-10-7(12(15)16)3-2-4-9(10)17-11/h2-5H,1H3,(H,15,16). The molecular formula is C12H8N2O3S. The predicted molar refractivity (Wildman–Crippen MR) is 66.8 cm³/mol. The molecular weight excluding hydrogens is 252 g/mol. The number of aromatic carboxylic acids is 1. The van der Waals surface area contributed by atoms with Gasteiger partial charge in [-0.15, -0.1) is 11.3 Å². The second-order valence-electron chi connectivity index (χ2n) is 3.73. The molecule has 3 rings (SSSR count). The highest BCUT2D eigenvalue weighted by molar-refractivity contribution is 7.09. The molecule has 0 spiro atoms. The monoisotopic (exact) mass is 260 g/mol. The highest BCUT2D eigenvalue weighted by atomic mass is 32.1. The van der Waals surface area contributed by atoms with Gasteiger partial charge >= 0.3 is 5.97 Å². The maximum absolute atomic E-state index is 11.1. The quantitative estimate of drug-likeness (QED) is 0.766. The van der Waals surface area contributed by atoms with Crippen LogP contribution in [-0.2, 0) is 0 Å². The number of fused-ring (bicyclic) bond motifs is 1. The first-order valence-corrected chi connectivity index (χ1v) is 6.08. The van der Waals surface area contributed by atoms with Crippen LogP contribution in [0.3, 0.4) is 0 Å². The maximum atomic E-state index is 11.1. The van der Waals surface area contributed by atoms with Gasteiger partial charge in [0.15, 0.2) is 5.58 Å². The molecule has 90 valence electrons. The smallest absolute Gasteiger partial charge is 0.338 e. The third kappa shape index (κ3) is 1.67. The van der Waals surface area contributed by atoms with E-state index in [-0.39, 0.29) is 5.56 Å². The first kappa shape index (κ1) is 10.9. The van der Waals surface area contributed by atoms with Crippen LogP contribution in [-0.4, -0.2) is 21.0 Å². The van der Waals surface area contributed by atoms with Crippen LogP contribution in [0.5, 0.6) is 0 Å². The molecule has 6 heteroatoms. The summed E-state index contributed by atoms with van der Waals surface area (Å²) in [6, 6.07) is 4.83. The maximum Gasteiger partial charge on any atom is 0.338 e. The summed E-state index contributed by atoms with van der Waals surface area (Å²) in [5, 5.41) is 11.8. The zero-order valence-electron chi connectivity index (χ0n) is 9.38. The Bertz CT molecular complexity index is 745. The third-order valence-corrected chi connectivity index (χ3v) is 3.26. The number of carboxylic acids is 1. The van der Waals surface area contributed by atoms with E-state index in [0.717, 1.165) is 5.01 Å². The predicted octanol–water partition coefficient (Wildman–Crippen LogP) is 2.96. The van der Waals surface area contributed by atoms with Crippen LogP contribution < -0.4 is 0 Å². The van der Waals surface area contributed by atoms with Gasteiger partial charge in [-0.3, -0.25) is 0 Å². The molecule has 0 unspecified atom stereocenters. The van der Waals surface area contributed by atoms with E-state index in [1.165, 1.54) is 17.4 Å². The number of para-hydroxylation sites is 1. The summed E-state index contributed by atoms with van der Waals surface area (Å²) in [4.78, 5) is 19.5. The van der Waals surface area contributed by atoms with Crippen molar-refractivity contribution in [1.29, 1.82) is 0 Å². The van der Waals surface area contributed by atoms with E-state index in [9.17, 15) is 4.79 Å². The summed E-state index contributed by atoms with van der Waals surface area (Å²) >= 11 is 1.49. The molecule has 1 N–H and O–H groups in total. The van der Waals surface area contributed by atoms with Crippen LogP contribution >= 0.6 is 11.3 Å². The van der Waals surface area contributed by atoms with Gasteiger partial charge in [-0.1, -0.05) is 6.07 Å². The van der Waals surface area contributed by atoms with Crippen LogP contribution in [0.1, 0.15) is 15.4 Å². The van der Waals surface area contributed by atoms with Crippen molar-refractivity contribution in [3.05, 3.63) is 34.2 Å². The average molecular weight is 260 g/mol. The lowest BCUT2D eigenvalue weighted by Gasteiger charge is -1.92. The van der Waals surface area contributed by atoms with E-state index in [1.807, 2.05) is 12.3 Å². The molecule has 0 fully saturated rings. The molecule has 0 radical (unpaired) electrons. The van der Waals surface area contributed by atoms with Gasteiger partial charge in [0, 0.05) is 5.38 Å². The van der Waals surface area contributed by atoms with Gasteiger partial charge in [0.1, 0.15) is 11.2 Å². The van der Waals surface area contributed by atoms with Gasteiger partial charge in [-0.25, -0.2) is 14.8 Å². The second kappa shape index (κ2) is 3.92. The van der Waals surface area contributed by atoms with Crippen molar-refractivity contribution >= 4 is 28.4 Å². The van der Waals surface area contributed by atoms with Gasteiger partial charge in [0.05, 0.1) is 10.6 Å². The lowest BCUT2D eigenvalue weighted by atomic mass is 10.2. The summed E-state index contributed by atoms with van der Waals surface area (Å²) in [6.07, 6.45) is 0. The summed E-state index contributed by atoms with van der Waals surface area (Å²) in [5.41, 5.74) is 1.57. The SMILES string of the molecule is Cc1nc(-c2nc3c(C(=O)O)cccc3o2)cs1. The molecule has 0 atom stereocenters. The fourth-order valence-electron chi connectivity index (χ4n) is 1.69. The molecule has 2 aromatic heterocycles. The number of hydrogen-bond donors (Lipinski definition) is 1. The van der Waals surface area contributed by atoms with Crippen molar-refractivity contribution in [2.75, 3.05) is 0 Å². The number of carboxylic acid groups (broad SMARTS) is 1. The van der Waals surface area contributed by atoms with Crippen LogP contribution in [0.2, 0.25) is 0 Å². The van der Waals surface area contributed by atoms with Crippen molar-refractivity contribution in [2.24, 2.45) is 0 Å². The topological polar surface area (TPSA) is 76.2 Å². The zero-order valence-corrected chi connectivity index (χ0v) is 10.2. The minimum Gasteiger partial charge on any atom is -0.478 e. The van der Waals surface area contributed by atoms with Crippen molar-refractivity contribution in [3.63, 3.8) is 0 Å². The van der Waals surface area contributed by atoms with Crippen LogP contribution in [0.15, 0.2) is 28.0 Å². The van der Waals surface area contributed by atoms with E-state index < -0.39 is 5.97 Å². The number of aromatic nitrogens is 2. The first-order chi connectivity index (χ1) is 8.65. The van der Waals surface area contributed by atoms with Gasteiger partial charge in [-0.05, 0) is 19.1 Å². The molecule has 3 aromatic rings. The third-order valence-electron chi connectivity index (χ3n) is 2.49. The Morgan fingerprint density at radius 3 is 2.89 bits per heavy atom. The Morgan fingerprint density at radius 2 is 2.22 bits per heavy atom. The molecule has 0 aliphatic rings.